The number of hydrogen-bond acceptors (Lipinski definition) is 2. The van der Waals surface area contributed by atoms with E-state index < -0.39 is 0 Å². The van der Waals surface area contributed by atoms with Crippen molar-refractivity contribution in [1.82, 2.24) is 9.97 Å². The fourth-order valence-corrected chi connectivity index (χ4v) is 3.40. The van der Waals surface area contributed by atoms with Gasteiger partial charge in [0.15, 0.2) is 0 Å². The Morgan fingerprint density at radius 2 is 2.14 bits per heavy atom. The maximum absolute atomic E-state index is 6.29. The highest BCUT2D eigenvalue weighted by molar-refractivity contribution is 5.95. The topological polar surface area (TPSA) is 54.7 Å². The van der Waals surface area contributed by atoms with Crippen LogP contribution in [0.4, 0.5) is 0 Å². The molecule has 1 unspecified atom stereocenters. The second kappa shape index (κ2) is 5.01. The number of pyridine rings is 1. The lowest BCUT2D eigenvalue weighted by molar-refractivity contribution is 0.615. The summed E-state index contributed by atoms with van der Waals surface area (Å²) in [6.45, 7) is 0. The van der Waals surface area contributed by atoms with Crippen LogP contribution in [-0.4, -0.2) is 9.97 Å². The Kier molecular flexibility index (Phi) is 3.00. The zero-order valence-corrected chi connectivity index (χ0v) is 12.0. The zero-order chi connectivity index (χ0) is 14.2. The van der Waals surface area contributed by atoms with Gasteiger partial charge < -0.3 is 10.7 Å². The number of aryl methyl sites for hydroxylation is 1. The van der Waals surface area contributed by atoms with Gasteiger partial charge >= 0.3 is 0 Å². The minimum absolute atomic E-state index is 0.198. The Hall–Kier alpha value is -2.13. The maximum atomic E-state index is 6.29. The Morgan fingerprint density at radius 3 is 3.10 bits per heavy atom. The largest absolute Gasteiger partial charge is 0.359 e. The van der Waals surface area contributed by atoms with Crippen molar-refractivity contribution >= 4 is 10.9 Å². The number of nitrogens with two attached hydrogens (primary N) is 1. The lowest BCUT2D eigenvalue weighted by atomic mass is 9.95. The molecule has 106 valence electrons. The predicted molar refractivity (Wildman–Crippen MR) is 86.0 cm³/mol. The van der Waals surface area contributed by atoms with Gasteiger partial charge in [0, 0.05) is 29.4 Å². The second-order valence-electron chi connectivity index (χ2n) is 5.89. The van der Waals surface area contributed by atoms with Crippen molar-refractivity contribution in [1.29, 1.82) is 0 Å². The number of H-pyrrole nitrogens is 1. The van der Waals surface area contributed by atoms with E-state index in [0.717, 1.165) is 18.4 Å². The van der Waals surface area contributed by atoms with Gasteiger partial charge in [0.1, 0.15) is 0 Å². The van der Waals surface area contributed by atoms with E-state index in [9.17, 15) is 0 Å². The molecule has 0 spiro atoms. The van der Waals surface area contributed by atoms with Gasteiger partial charge in [-0.05, 0) is 42.0 Å². The molecule has 0 saturated heterocycles. The van der Waals surface area contributed by atoms with E-state index in [0.29, 0.717) is 0 Å². The smallest absolute Gasteiger partial charge is 0.0646 e. The summed E-state index contributed by atoms with van der Waals surface area (Å²) in [6.07, 6.45) is 10.5. The summed E-state index contributed by atoms with van der Waals surface area (Å²) >= 11 is 0. The number of fused-ring (bicyclic) bond motifs is 2. The summed E-state index contributed by atoms with van der Waals surface area (Å²) in [5.41, 5.74) is 12.6. The zero-order valence-electron chi connectivity index (χ0n) is 12.0. The van der Waals surface area contributed by atoms with Crippen LogP contribution in [-0.2, 0) is 6.42 Å². The SMILES string of the molecule is NC1CCCCc2cc(-c3c[nH]c4cnccc34)ccc21. The Morgan fingerprint density at radius 1 is 1.19 bits per heavy atom. The molecular formula is C18H19N3. The van der Waals surface area contributed by atoms with E-state index >= 15 is 0 Å². The van der Waals surface area contributed by atoms with Crippen LogP contribution in [0.3, 0.4) is 0 Å². The Bertz CT molecular complexity index is 788. The molecule has 0 aliphatic heterocycles. The van der Waals surface area contributed by atoms with Gasteiger partial charge in [0.2, 0.25) is 0 Å². The molecule has 3 N–H and O–H groups in total. The maximum Gasteiger partial charge on any atom is 0.0646 e. The molecule has 2 heterocycles. The summed E-state index contributed by atoms with van der Waals surface area (Å²) < 4.78 is 0. The fraction of sp³-hybridized carbons (Fsp3) is 0.278. The number of nitrogens with one attached hydrogen (secondary N) is 1. The number of aromatic nitrogens is 2. The van der Waals surface area contributed by atoms with E-state index in [1.165, 1.54) is 40.5 Å². The first-order valence-corrected chi connectivity index (χ1v) is 7.63. The third kappa shape index (κ3) is 2.14. The van der Waals surface area contributed by atoms with Crippen LogP contribution in [0, 0.1) is 0 Å². The van der Waals surface area contributed by atoms with Gasteiger partial charge in [-0.3, -0.25) is 4.98 Å². The molecule has 3 nitrogen and oxygen atoms in total. The van der Waals surface area contributed by atoms with E-state index in [4.69, 9.17) is 5.73 Å². The van der Waals surface area contributed by atoms with E-state index in [-0.39, 0.29) is 6.04 Å². The van der Waals surface area contributed by atoms with Gasteiger partial charge in [-0.1, -0.05) is 24.6 Å². The van der Waals surface area contributed by atoms with Crippen LogP contribution in [0.15, 0.2) is 42.9 Å². The molecular weight excluding hydrogens is 258 g/mol. The highest BCUT2D eigenvalue weighted by Gasteiger charge is 2.16. The molecule has 0 amide bonds. The number of nitrogens with zero attached hydrogens (tertiary/aromatic N) is 1. The van der Waals surface area contributed by atoms with Crippen LogP contribution in [0.1, 0.15) is 36.4 Å². The van der Waals surface area contributed by atoms with E-state index in [1.807, 2.05) is 12.4 Å². The summed E-state index contributed by atoms with van der Waals surface area (Å²) in [5.74, 6) is 0. The first-order chi connectivity index (χ1) is 10.3. The number of rotatable bonds is 1. The van der Waals surface area contributed by atoms with Gasteiger partial charge in [0.05, 0.1) is 11.7 Å². The van der Waals surface area contributed by atoms with Crippen LogP contribution >= 0.6 is 0 Å². The van der Waals surface area contributed by atoms with Crippen molar-refractivity contribution in [2.45, 2.75) is 31.7 Å². The predicted octanol–water partition coefficient (Wildman–Crippen LogP) is 3.96. The minimum Gasteiger partial charge on any atom is -0.359 e. The molecule has 0 saturated carbocycles. The standard InChI is InChI=1S/C18H19N3/c19-17-4-2-1-3-12-9-13(5-6-14(12)17)16-10-21-18-11-20-8-7-15(16)18/h5-11,17,21H,1-4,19H2. The van der Waals surface area contributed by atoms with Crippen LogP contribution in [0.25, 0.3) is 22.0 Å². The quantitative estimate of drug-likeness (QED) is 0.662. The Balaban J connectivity index is 1.84. The monoisotopic (exact) mass is 277 g/mol. The van der Waals surface area contributed by atoms with Crippen molar-refractivity contribution < 1.29 is 0 Å². The first kappa shape index (κ1) is 12.6. The summed E-state index contributed by atoms with van der Waals surface area (Å²) in [6, 6.07) is 9.01. The van der Waals surface area contributed by atoms with Gasteiger partial charge in [-0.2, -0.15) is 0 Å². The molecule has 2 aromatic heterocycles. The molecule has 1 aromatic carbocycles. The lowest BCUT2D eigenvalue weighted by Crippen LogP contribution is -2.10. The molecule has 1 aliphatic rings. The molecule has 3 heteroatoms. The first-order valence-electron chi connectivity index (χ1n) is 7.63. The molecule has 1 aliphatic carbocycles. The van der Waals surface area contributed by atoms with Crippen molar-refractivity contribution in [2.24, 2.45) is 5.73 Å². The average Bonchev–Trinajstić information content (AvgIpc) is 2.86. The lowest BCUT2D eigenvalue weighted by Gasteiger charge is -2.13. The van der Waals surface area contributed by atoms with Crippen molar-refractivity contribution in [3.63, 3.8) is 0 Å². The normalized spacial score (nSPS) is 18.4. The van der Waals surface area contributed by atoms with Gasteiger partial charge in [-0.25, -0.2) is 0 Å². The summed E-state index contributed by atoms with van der Waals surface area (Å²) in [4.78, 5) is 7.47. The van der Waals surface area contributed by atoms with Crippen molar-refractivity contribution in [2.75, 3.05) is 0 Å². The third-order valence-corrected chi connectivity index (χ3v) is 4.55. The molecule has 0 bridgehead atoms. The average molecular weight is 277 g/mol. The molecule has 21 heavy (non-hydrogen) atoms. The van der Waals surface area contributed by atoms with E-state index in [2.05, 4.69) is 40.4 Å². The molecule has 3 aromatic rings. The minimum atomic E-state index is 0.198. The Labute approximate surface area is 124 Å². The molecule has 4 rings (SSSR count). The fourth-order valence-electron chi connectivity index (χ4n) is 3.40. The number of benzene rings is 1. The molecule has 0 fully saturated rings. The van der Waals surface area contributed by atoms with Crippen LogP contribution in [0.2, 0.25) is 0 Å². The van der Waals surface area contributed by atoms with Crippen molar-refractivity contribution in [3.05, 3.63) is 54.0 Å². The van der Waals surface area contributed by atoms with E-state index in [1.54, 1.807) is 0 Å². The van der Waals surface area contributed by atoms with Gasteiger partial charge in [-0.15, -0.1) is 0 Å². The number of hydrogen-bond donors (Lipinski definition) is 2. The highest BCUT2D eigenvalue weighted by Crippen LogP contribution is 2.33. The second-order valence-corrected chi connectivity index (χ2v) is 5.89. The number of aromatic amines is 1. The third-order valence-electron chi connectivity index (χ3n) is 4.55. The summed E-state index contributed by atoms with van der Waals surface area (Å²) in [7, 11) is 0. The van der Waals surface area contributed by atoms with Gasteiger partial charge in [0.25, 0.3) is 0 Å². The molecule has 0 radical (unpaired) electrons. The molecule has 1 atom stereocenters. The van der Waals surface area contributed by atoms with Crippen LogP contribution in [0.5, 0.6) is 0 Å². The highest BCUT2D eigenvalue weighted by atomic mass is 14.7. The van der Waals surface area contributed by atoms with Crippen molar-refractivity contribution in [3.8, 4) is 11.1 Å². The summed E-state index contributed by atoms with van der Waals surface area (Å²) in [5, 5.41) is 1.22. The van der Waals surface area contributed by atoms with Crippen LogP contribution < -0.4 is 5.73 Å².